The van der Waals surface area contributed by atoms with E-state index in [0.29, 0.717) is 21.9 Å². The van der Waals surface area contributed by atoms with E-state index in [1.807, 2.05) is 73.6 Å². The minimum atomic E-state index is -0.175. The number of halogens is 1. The standard InChI is InChI=1S/C22H19ClN4O/c1-26(2)17-11-9-16(10-12-17)24-22-25-20-13-8-15(23)14-19(20)21(28)27(22)18-6-4-3-5-7-18/h3-14H,1-2H3,(H,24,25). The normalized spacial score (nSPS) is 10.8. The van der Waals surface area contributed by atoms with Crippen molar-refractivity contribution < 1.29 is 0 Å². The first-order chi connectivity index (χ1) is 13.5. The number of nitrogens with one attached hydrogen (secondary N) is 1. The number of anilines is 3. The molecule has 28 heavy (non-hydrogen) atoms. The van der Waals surface area contributed by atoms with Crippen LogP contribution < -0.4 is 15.8 Å². The average Bonchev–Trinajstić information content (AvgIpc) is 2.70. The van der Waals surface area contributed by atoms with Crippen molar-refractivity contribution in [2.45, 2.75) is 0 Å². The monoisotopic (exact) mass is 390 g/mol. The fourth-order valence-corrected chi connectivity index (χ4v) is 3.20. The Morgan fingerprint density at radius 3 is 2.36 bits per heavy atom. The zero-order valence-electron chi connectivity index (χ0n) is 15.6. The fourth-order valence-electron chi connectivity index (χ4n) is 3.03. The van der Waals surface area contributed by atoms with Crippen molar-refractivity contribution in [2.24, 2.45) is 0 Å². The summed E-state index contributed by atoms with van der Waals surface area (Å²) in [6.07, 6.45) is 0. The molecule has 0 atom stereocenters. The van der Waals surface area contributed by atoms with Gasteiger partial charge in [-0.2, -0.15) is 0 Å². The van der Waals surface area contributed by atoms with Crippen molar-refractivity contribution in [2.75, 3.05) is 24.3 Å². The van der Waals surface area contributed by atoms with E-state index in [0.717, 1.165) is 17.1 Å². The van der Waals surface area contributed by atoms with E-state index >= 15 is 0 Å². The van der Waals surface area contributed by atoms with Crippen molar-refractivity contribution in [3.8, 4) is 5.69 Å². The number of nitrogens with zero attached hydrogens (tertiary/aromatic N) is 3. The third-order valence-electron chi connectivity index (χ3n) is 4.48. The molecular formula is C22H19ClN4O. The van der Waals surface area contributed by atoms with Crippen molar-refractivity contribution in [3.63, 3.8) is 0 Å². The van der Waals surface area contributed by atoms with Crippen molar-refractivity contribution in [1.82, 2.24) is 9.55 Å². The van der Waals surface area contributed by atoms with E-state index in [2.05, 4.69) is 10.3 Å². The molecule has 0 aliphatic rings. The molecule has 1 heterocycles. The van der Waals surface area contributed by atoms with Gasteiger partial charge in [0.1, 0.15) is 0 Å². The molecule has 1 N–H and O–H groups in total. The number of hydrogen-bond donors (Lipinski definition) is 1. The Balaban J connectivity index is 1.88. The Bertz CT molecular complexity index is 1190. The first-order valence-electron chi connectivity index (χ1n) is 8.85. The van der Waals surface area contributed by atoms with Crippen molar-refractivity contribution in [3.05, 3.63) is 88.2 Å². The van der Waals surface area contributed by atoms with Crippen LogP contribution >= 0.6 is 11.6 Å². The van der Waals surface area contributed by atoms with E-state index in [-0.39, 0.29) is 5.56 Å². The lowest BCUT2D eigenvalue weighted by Crippen LogP contribution is -2.22. The lowest BCUT2D eigenvalue weighted by atomic mass is 10.2. The van der Waals surface area contributed by atoms with Crippen LogP contribution in [0.3, 0.4) is 0 Å². The Hall–Kier alpha value is -3.31. The number of hydrogen-bond acceptors (Lipinski definition) is 4. The smallest absolute Gasteiger partial charge is 0.267 e. The minimum Gasteiger partial charge on any atom is -0.378 e. The van der Waals surface area contributed by atoms with E-state index in [9.17, 15) is 4.79 Å². The summed E-state index contributed by atoms with van der Waals surface area (Å²) in [4.78, 5) is 20.0. The van der Waals surface area contributed by atoms with Crippen LogP contribution in [0.15, 0.2) is 77.6 Å². The Kier molecular flexibility index (Phi) is 4.75. The molecule has 140 valence electrons. The number of fused-ring (bicyclic) bond motifs is 1. The van der Waals surface area contributed by atoms with Gasteiger partial charge in [0, 0.05) is 30.5 Å². The van der Waals surface area contributed by atoms with Crippen LogP contribution in [0.25, 0.3) is 16.6 Å². The van der Waals surface area contributed by atoms with Gasteiger partial charge in [0.05, 0.1) is 16.6 Å². The van der Waals surface area contributed by atoms with Crippen LogP contribution in [0, 0.1) is 0 Å². The fraction of sp³-hybridized carbons (Fsp3) is 0.0909. The highest BCUT2D eigenvalue weighted by Gasteiger charge is 2.13. The predicted octanol–water partition coefficient (Wildman–Crippen LogP) is 4.85. The summed E-state index contributed by atoms with van der Waals surface area (Å²) in [5, 5.41) is 4.27. The third-order valence-corrected chi connectivity index (χ3v) is 4.72. The first kappa shape index (κ1) is 18.1. The highest BCUT2D eigenvalue weighted by Crippen LogP contribution is 2.23. The minimum absolute atomic E-state index is 0.175. The van der Waals surface area contributed by atoms with E-state index in [1.54, 1.807) is 22.8 Å². The Labute approximate surface area is 167 Å². The zero-order chi connectivity index (χ0) is 19.7. The van der Waals surface area contributed by atoms with Crippen LogP contribution in [0.2, 0.25) is 5.02 Å². The summed E-state index contributed by atoms with van der Waals surface area (Å²) in [7, 11) is 3.98. The van der Waals surface area contributed by atoms with Gasteiger partial charge in [-0.25, -0.2) is 9.55 Å². The number of para-hydroxylation sites is 1. The molecular weight excluding hydrogens is 372 g/mol. The van der Waals surface area contributed by atoms with Crippen LogP contribution in [0.5, 0.6) is 0 Å². The van der Waals surface area contributed by atoms with Crippen LogP contribution in [-0.2, 0) is 0 Å². The lowest BCUT2D eigenvalue weighted by molar-refractivity contribution is 0.974. The van der Waals surface area contributed by atoms with Gasteiger partial charge >= 0.3 is 0 Å². The first-order valence-corrected chi connectivity index (χ1v) is 9.23. The van der Waals surface area contributed by atoms with E-state index in [4.69, 9.17) is 11.6 Å². The average molecular weight is 391 g/mol. The molecule has 0 radical (unpaired) electrons. The SMILES string of the molecule is CN(C)c1ccc(Nc2nc3ccc(Cl)cc3c(=O)n2-c2ccccc2)cc1. The molecule has 1 aromatic heterocycles. The molecule has 0 aliphatic heterocycles. The van der Waals surface area contributed by atoms with Gasteiger partial charge in [-0.1, -0.05) is 29.8 Å². The molecule has 0 amide bonds. The Morgan fingerprint density at radius 2 is 1.68 bits per heavy atom. The largest absolute Gasteiger partial charge is 0.378 e. The summed E-state index contributed by atoms with van der Waals surface area (Å²) in [6.45, 7) is 0. The molecule has 0 aliphatic carbocycles. The molecule has 3 aromatic carbocycles. The van der Waals surface area contributed by atoms with Crippen LogP contribution in [0.1, 0.15) is 0 Å². The molecule has 0 saturated carbocycles. The van der Waals surface area contributed by atoms with Gasteiger partial charge in [-0.3, -0.25) is 4.79 Å². The summed E-state index contributed by atoms with van der Waals surface area (Å²) in [5.74, 6) is 0.448. The molecule has 0 unspecified atom stereocenters. The number of aromatic nitrogens is 2. The quantitative estimate of drug-likeness (QED) is 0.541. The zero-order valence-corrected chi connectivity index (χ0v) is 16.3. The maximum absolute atomic E-state index is 13.3. The summed E-state index contributed by atoms with van der Waals surface area (Å²) >= 11 is 6.10. The van der Waals surface area contributed by atoms with Gasteiger partial charge in [0.2, 0.25) is 5.95 Å². The topological polar surface area (TPSA) is 50.2 Å². The van der Waals surface area contributed by atoms with Gasteiger partial charge in [-0.15, -0.1) is 0 Å². The molecule has 0 fully saturated rings. The highest BCUT2D eigenvalue weighted by atomic mass is 35.5. The second-order valence-corrected chi connectivity index (χ2v) is 7.08. The van der Waals surface area contributed by atoms with Crippen molar-refractivity contribution >= 4 is 39.8 Å². The van der Waals surface area contributed by atoms with Gasteiger partial charge < -0.3 is 10.2 Å². The highest BCUT2D eigenvalue weighted by molar-refractivity contribution is 6.31. The van der Waals surface area contributed by atoms with E-state index < -0.39 is 0 Å². The van der Waals surface area contributed by atoms with Gasteiger partial charge in [0.15, 0.2) is 0 Å². The molecule has 5 nitrogen and oxygen atoms in total. The molecule has 4 aromatic rings. The number of rotatable bonds is 4. The molecule has 0 spiro atoms. The second kappa shape index (κ2) is 7.37. The number of benzene rings is 3. The molecule has 4 rings (SSSR count). The van der Waals surface area contributed by atoms with Crippen molar-refractivity contribution in [1.29, 1.82) is 0 Å². The summed E-state index contributed by atoms with van der Waals surface area (Å²) < 4.78 is 1.57. The maximum Gasteiger partial charge on any atom is 0.267 e. The van der Waals surface area contributed by atoms with E-state index in [1.165, 1.54) is 0 Å². The molecule has 6 heteroatoms. The maximum atomic E-state index is 13.3. The third kappa shape index (κ3) is 3.44. The predicted molar refractivity (Wildman–Crippen MR) is 116 cm³/mol. The van der Waals surface area contributed by atoms with Gasteiger partial charge in [-0.05, 0) is 54.6 Å². The van der Waals surface area contributed by atoms with Crippen LogP contribution in [0.4, 0.5) is 17.3 Å². The van der Waals surface area contributed by atoms with Gasteiger partial charge in [0.25, 0.3) is 5.56 Å². The second-order valence-electron chi connectivity index (χ2n) is 6.64. The van der Waals surface area contributed by atoms with Crippen LogP contribution in [-0.4, -0.2) is 23.6 Å². The lowest BCUT2D eigenvalue weighted by Gasteiger charge is -2.16. The molecule has 0 bridgehead atoms. The summed E-state index contributed by atoms with van der Waals surface area (Å²) in [6, 6.07) is 22.5. The summed E-state index contributed by atoms with van der Waals surface area (Å²) in [5.41, 5.74) is 3.08. The Morgan fingerprint density at radius 1 is 0.964 bits per heavy atom. The molecule has 0 saturated heterocycles.